The van der Waals surface area contributed by atoms with E-state index in [4.69, 9.17) is 28.2 Å². The van der Waals surface area contributed by atoms with Gasteiger partial charge in [0, 0.05) is 22.0 Å². The third-order valence-electron chi connectivity index (χ3n) is 5.87. The molecule has 1 aromatic heterocycles. The molecule has 2 heterocycles. The maximum absolute atomic E-state index is 13.6. The molecule has 2 aromatic carbocycles. The summed E-state index contributed by atoms with van der Waals surface area (Å²) in [4.78, 5) is 32.3. The highest BCUT2D eigenvalue weighted by Gasteiger charge is 2.40. The van der Waals surface area contributed by atoms with Crippen LogP contribution in [0.3, 0.4) is 0 Å². The van der Waals surface area contributed by atoms with E-state index in [1.165, 1.54) is 11.3 Å². The maximum atomic E-state index is 13.6. The van der Waals surface area contributed by atoms with Gasteiger partial charge < -0.3 is 0 Å². The van der Waals surface area contributed by atoms with E-state index >= 15 is 0 Å². The Hall–Kier alpha value is -2.47. The molecular formula is C25H20Cl2N2O2S. The van der Waals surface area contributed by atoms with Gasteiger partial charge in [0.25, 0.3) is 5.56 Å². The normalized spacial score (nSPS) is 20.1. The number of hydrogen-bond donors (Lipinski definition) is 0. The van der Waals surface area contributed by atoms with Crippen LogP contribution in [-0.4, -0.2) is 10.4 Å². The van der Waals surface area contributed by atoms with Crippen molar-refractivity contribution in [2.75, 3.05) is 0 Å². The van der Waals surface area contributed by atoms with E-state index in [1.807, 2.05) is 30.3 Å². The summed E-state index contributed by atoms with van der Waals surface area (Å²) >= 11 is 13.8. The summed E-state index contributed by atoms with van der Waals surface area (Å²) in [6.07, 6.45) is 2.91. The van der Waals surface area contributed by atoms with Gasteiger partial charge >= 0.3 is 0 Å². The highest BCUT2D eigenvalue weighted by atomic mass is 35.5. The Balaban J connectivity index is 1.78. The fourth-order valence-electron chi connectivity index (χ4n) is 4.44. The molecule has 162 valence electrons. The lowest BCUT2D eigenvalue weighted by molar-refractivity contribution is -0.118. The lowest BCUT2D eigenvalue weighted by Gasteiger charge is -2.35. The second-order valence-electron chi connectivity index (χ2n) is 8.96. The van der Waals surface area contributed by atoms with Crippen molar-refractivity contribution in [3.63, 3.8) is 0 Å². The largest absolute Gasteiger partial charge is 0.294 e. The number of aromatic nitrogens is 1. The zero-order valence-corrected chi connectivity index (χ0v) is 19.9. The van der Waals surface area contributed by atoms with Gasteiger partial charge in [0.1, 0.15) is 0 Å². The molecule has 5 rings (SSSR count). The number of carbonyl (C=O) groups is 1. The molecule has 0 saturated carbocycles. The summed E-state index contributed by atoms with van der Waals surface area (Å²) < 4.78 is 2.17. The average molecular weight is 483 g/mol. The van der Waals surface area contributed by atoms with E-state index in [1.54, 1.807) is 28.8 Å². The minimum Gasteiger partial charge on any atom is -0.294 e. The van der Waals surface area contributed by atoms with E-state index < -0.39 is 6.04 Å². The van der Waals surface area contributed by atoms with Crippen molar-refractivity contribution in [1.29, 1.82) is 0 Å². The van der Waals surface area contributed by atoms with E-state index in [0.717, 1.165) is 16.8 Å². The highest BCUT2D eigenvalue weighted by Crippen LogP contribution is 2.43. The van der Waals surface area contributed by atoms with E-state index in [9.17, 15) is 9.59 Å². The van der Waals surface area contributed by atoms with Crippen LogP contribution in [0.1, 0.15) is 43.9 Å². The number of carbonyl (C=O) groups excluding carboxylic acids is 1. The first-order chi connectivity index (χ1) is 15.2. The molecule has 4 nitrogen and oxygen atoms in total. The van der Waals surface area contributed by atoms with Gasteiger partial charge in [-0.2, -0.15) is 0 Å². The first-order valence-corrected chi connectivity index (χ1v) is 11.9. The van der Waals surface area contributed by atoms with Gasteiger partial charge in [0.05, 0.1) is 16.3 Å². The van der Waals surface area contributed by atoms with Gasteiger partial charge in [-0.1, -0.05) is 78.7 Å². The summed E-state index contributed by atoms with van der Waals surface area (Å²) in [7, 11) is 0. The number of hydrogen-bond acceptors (Lipinski definition) is 4. The predicted octanol–water partition coefficient (Wildman–Crippen LogP) is 4.91. The van der Waals surface area contributed by atoms with E-state index in [0.29, 0.717) is 37.8 Å². The van der Waals surface area contributed by atoms with Gasteiger partial charge in [-0.25, -0.2) is 4.99 Å². The Labute approximate surface area is 199 Å². The molecular weight excluding hydrogens is 463 g/mol. The molecule has 0 amide bonds. The first-order valence-electron chi connectivity index (χ1n) is 10.3. The topological polar surface area (TPSA) is 51.4 Å². The monoisotopic (exact) mass is 482 g/mol. The third kappa shape index (κ3) is 3.68. The average Bonchev–Trinajstić information content (AvgIpc) is 3.03. The highest BCUT2D eigenvalue weighted by molar-refractivity contribution is 7.07. The summed E-state index contributed by atoms with van der Waals surface area (Å²) in [5.74, 6) is 0.0420. The van der Waals surface area contributed by atoms with Crippen LogP contribution in [0.4, 0.5) is 0 Å². The number of allylic oxidation sites excluding steroid dienone is 2. The molecule has 32 heavy (non-hydrogen) atoms. The van der Waals surface area contributed by atoms with Crippen LogP contribution in [-0.2, 0) is 4.79 Å². The number of fused-ring (bicyclic) bond motifs is 1. The van der Waals surface area contributed by atoms with E-state index in [2.05, 4.69) is 13.8 Å². The summed E-state index contributed by atoms with van der Waals surface area (Å²) in [5, 5.41) is 1.17. The number of thiazole rings is 1. The molecule has 0 bridgehead atoms. The van der Waals surface area contributed by atoms with Crippen LogP contribution in [0, 0.1) is 5.41 Å². The standard InChI is InChI=1S/C25H20Cl2N2O2S/c1-25(2)12-18-21(19(30)13-25)22(14-7-9-16(26)10-8-14)29-23(31)20(32-24(29)28-18)11-15-5-3-4-6-17(15)27/h3-11,22H,12-13H2,1-2H3. The van der Waals surface area contributed by atoms with Crippen molar-refractivity contribution >= 4 is 46.4 Å². The number of Topliss-reactive ketones (excluding diaryl/α,β-unsaturated/α-hetero) is 1. The molecule has 1 aliphatic heterocycles. The van der Waals surface area contributed by atoms with Crippen molar-refractivity contribution in [3.05, 3.63) is 101 Å². The van der Waals surface area contributed by atoms with Crippen LogP contribution in [0.2, 0.25) is 10.0 Å². The molecule has 1 atom stereocenters. The zero-order valence-electron chi connectivity index (χ0n) is 17.6. The molecule has 1 unspecified atom stereocenters. The lowest BCUT2D eigenvalue weighted by atomic mass is 9.73. The second-order valence-corrected chi connectivity index (χ2v) is 10.8. The van der Waals surface area contributed by atoms with Crippen molar-refractivity contribution < 1.29 is 4.79 Å². The smallest absolute Gasteiger partial charge is 0.271 e. The predicted molar refractivity (Wildman–Crippen MR) is 129 cm³/mol. The number of benzene rings is 2. The quantitative estimate of drug-likeness (QED) is 0.520. The lowest BCUT2D eigenvalue weighted by Crippen LogP contribution is -2.42. The number of nitrogens with zero attached hydrogens (tertiary/aromatic N) is 2. The number of rotatable bonds is 2. The van der Waals surface area contributed by atoms with Crippen molar-refractivity contribution in [1.82, 2.24) is 4.57 Å². The van der Waals surface area contributed by atoms with Crippen LogP contribution < -0.4 is 14.9 Å². The van der Waals surface area contributed by atoms with Crippen LogP contribution >= 0.6 is 34.5 Å². The summed E-state index contributed by atoms with van der Waals surface area (Å²) in [6, 6.07) is 14.2. The van der Waals surface area contributed by atoms with Gasteiger partial charge in [-0.3, -0.25) is 14.2 Å². The molecule has 0 spiro atoms. The fraction of sp³-hybridized carbons (Fsp3) is 0.240. The summed E-state index contributed by atoms with van der Waals surface area (Å²) in [5.41, 5.74) is 2.65. The third-order valence-corrected chi connectivity index (χ3v) is 7.45. The first kappa shape index (κ1) is 21.4. The van der Waals surface area contributed by atoms with E-state index in [-0.39, 0.29) is 16.8 Å². The fourth-order valence-corrected chi connectivity index (χ4v) is 5.77. The minimum atomic E-state index is -0.518. The SMILES string of the molecule is CC1(C)CC(=O)C2=C(C1)N=c1sc(=Cc3ccccc3Cl)c(=O)n1C2c1ccc(Cl)cc1. The van der Waals surface area contributed by atoms with Crippen LogP contribution in [0.25, 0.3) is 6.08 Å². The Bertz CT molecular complexity index is 1460. The number of ketones is 1. The second kappa shape index (κ2) is 7.84. The van der Waals surface area contributed by atoms with Gasteiger partial charge in [0.15, 0.2) is 10.6 Å². The molecule has 0 saturated heterocycles. The minimum absolute atomic E-state index is 0.0420. The van der Waals surface area contributed by atoms with Crippen molar-refractivity contribution in [3.8, 4) is 0 Å². The molecule has 1 aliphatic carbocycles. The molecule has 3 aromatic rings. The molecule has 7 heteroatoms. The van der Waals surface area contributed by atoms with Crippen molar-refractivity contribution in [2.24, 2.45) is 10.4 Å². The van der Waals surface area contributed by atoms with Gasteiger partial charge in [-0.05, 0) is 47.2 Å². The number of halogens is 2. The van der Waals surface area contributed by atoms with Crippen LogP contribution in [0.15, 0.2) is 69.6 Å². The van der Waals surface area contributed by atoms with Crippen LogP contribution in [0.5, 0.6) is 0 Å². The molecule has 0 fully saturated rings. The van der Waals surface area contributed by atoms with Gasteiger partial charge in [-0.15, -0.1) is 0 Å². The molecule has 0 N–H and O–H groups in total. The Kier molecular flexibility index (Phi) is 5.24. The molecule has 0 radical (unpaired) electrons. The zero-order chi connectivity index (χ0) is 22.6. The van der Waals surface area contributed by atoms with Gasteiger partial charge in [0.2, 0.25) is 0 Å². The Morgan fingerprint density at radius 2 is 1.78 bits per heavy atom. The Morgan fingerprint density at radius 1 is 1.06 bits per heavy atom. The summed E-state index contributed by atoms with van der Waals surface area (Å²) in [6.45, 7) is 4.16. The maximum Gasteiger partial charge on any atom is 0.271 e. The molecule has 2 aliphatic rings. The Morgan fingerprint density at radius 3 is 2.50 bits per heavy atom. The van der Waals surface area contributed by atoms with Crippen molar-refractivity contribution in [2.45, 2.75) is 32.7 Å².